The minimum atomic E-state index is -0.174. The Labute approximate surface area is 181 Å². The van der Waals surface area contributed by atoms with Crippen LogP contribution in [0.15, 0.2) is 48.7 Å². The van der Waals surface area contributed by atoms with Gasteiger partial charge in [0.05, 0.1) is 5.69 Å². The van der Waals surface area contributed by atoms with Gasteiger partial charge in [0.25, 0.3) is 5.91 Å². The Balaban J connectivity index is 1.10. The fourth-order valence-corrected chi connectivity index (χ4v) is 4.92. The molecular formula is C25H28FN3O2. The number of benzene rings is 2. The number of unbranched alkanes of at least 4 members (excludes halogenated alkanes) is 1. The predicted molar refractivity (Wildman–Crippen MR) is 120 cm³/mol. The minimum Gasteiger partial charge on any atom is -0.482 e. The van der Waals surface area contributed by atoms with Gasteiger partial charge in [-0.2, -0.15) is 0 Å². The molecule has 1 N–H and O–H groups in total. The van der Waals surface area contributed by atoms with E-state index in [0.29, 0.717) is 5.92 Å². The molecule has 2 aliphatic heterocycles. The fraction of sp³-hybridized carbons (Fsp3) is 0.400. The fourth-order valence-electron chi connectivity index (χ4n) is 4.92. The van der Waals surface area contributed by atoms with E-state index in [1.807, 2.05) is 35.2 Å². The second-order valence-electron chi connectivity index (χ2n) is 8.56. The summed E-state index contributed by atoms with van der Waals surface area (Å²) in [5.74, 6) is 1.14. The Bertz CT molecular complexity index is 1070. The molecule has 3 aromatic rings. The smallest absolute Gasteiger partial charge is 0.265 e. The van der Waals surface area contributed by atoms with Gasteiger partial charge in [0.15, 0.2) is 6.61 Å². The first kappa shape index (κ1) is 20.1. The van der Waals surface area contributed by atoms with Crippen molar-refractivity contribution in [3.05, 3.63) is 60.0 Å². The molecule has 1 fully saturated rings. The highest BCUT2D eigenvalue weighted by atomic mass is 19.1. The number of amides is 1. The third-order valence-corrected chi connectivity index (χ3v) is 6.62. The Hall–Kier alpha value is -2.86. The van der Waals surface area contributed by atoms with E-state index in [0.717, 1.165) is 74.2 Å². The van der Waals surface area contributed by atoms with E-state index in [1.54, 1.807) is 6.07 Å². The molecule has 5 rings (SSSR count). The van der Waals surface area contributed by atoms with Crippen molar-refractivity contribution in [3.63, 3.8) is 0 Å². The third kappa shape index (κ3) is 4.17. The second kappa shape index (κ2) is 8.71. The number of aromatic nitrogens is 1. The summed E-state index contributed by atoms with van der Waals surface area (Å²) in [6.45, 7) is 4.03. The summed E-state index contributed by atoms with van der Waals surface area (Å²) >= 11 is 0. The number of ether oxygens (including phenoxy) is 1. The van der Waals surface area contributed by atoms with Crippen LogP contribution in [0.5, 0.6) is 5.75 Å². The number of nitrogens with one attached hydrogen (secondary N) is 1. The summed E-state index contributed by atoms with van der Waals surface area (Å²) in [4.78, 5) is 19.9. The van der Waals surface area contributed by atoms with Crippen LogP contribution >= 0.6 is 0 Å². The standard InChI is InChI=1S/C25H28FN3O2/c26-19-7-8-22-20(15-19)21(16-27-22)18-9-13-28(14-10-18)11-3-4-12-29-23-5-1-2-6-24(23)31-17-25(29)30/h1-2,5-8,15-16,18,27H,3-4,9-14,17H2. The van der Waals surface area contributed by atoms with Crippen LogP contribution in [0.4, 0.5) is 10.1 Å². The van der Waals surface area contributed by atoms with Crippen LogP contribution in [0.2, 0.25) is 0 Å². The molecule has 0 saturated carbocycles. The van der Waals surface area contributed by atoms with Gasteiger partial charge < -0.3 is 19.5 Å². The van der Waals surface area contributed by atoms with E-state index in [-0.39, 0.29) is 18.3 Å². The first-order valence-corrected chi connectivity index (χ1v) is 11.2. The zero-order valence-electron chi connectivity index (χ0n) is 17.6. The molecule has 6 heteroatoms. The van der Waals surface area contributed by atoms with E-state index < -0.39 is 0 Å². The zero-order valence-corrected chi connectivity index (χ0v) is 17.6. The summed E-state index contributed by atoms with van der Waals surface area (Å²) < 4.78 is 19.2. The molecule has 1 saturated heterocycles. The van der Waals surface area contributed by atoms with E-state index in [1.165, 1.54) is 11.6 Å². The number of carbonyl (C=O) groups is 1. The van der Waals surface area contributed by atoms with Gasteiger partial charge >= 0.3 is 0 Å². The quantitative estimate of drug-likeness (QED) is 0.588. The Morgan fingerprint density at radius 1 is 1.06 bits per heavy atom. The lowest BCUT2D eigenvalue weighted by molar-refractivity contribution is -0.121. The molecule has 0 atom stereocenters. The molecule has 1 amide bonds. The number of hydrogen-bond acceptors (Lipinski definition) is 3. The van der Waals surface area contributed by atoms with Crippen molar-refractivity contribution in [1.82, 2.24) is 9.88 Å². The van der Waals surface area contributed by atoms with Gasteiger partial charge in [0, 0.05) is 23.6 Å². The summed E-state index contributed by atoms with van der Waals surface area (Å²) in [7, 11) is 0. The van der Waals surface area contributed by atoms with Crippen molar-refractivity contribution in [2.75, 3.05) is 37.7 Å². The van der Waals surface area contributed by atoms with E-state index in [2.05, 4.69) is 16.1 Å². The maximum Gasteiger partial charge on any atom is 0.265 e. The molecule has 162 valence electrons. The largest absolute Gasteiger partial charge is 0.482 e. The molecular weight excluding hydrogens is 393 g/mol. The lowest BCUT2D eigenvalue weighted by Crippen LogP contribution is -2.39. The Kier molecular flexibility index (Phi) is 5.64. The van der Waals surface area contributed by atoms with Crippen molar-refractivity contribution in [3.8, 4) is 5.75 Å². The highest BCUT2D eigenvalue weighted by molar-refractivity contribution is 5.97. The van der Waals surface area contributed by atoms with Gasteiger partial charge in [0.1, 0.15) is 11.6 Å². The molecule has 0 spiro atoms. The average molecular weight is 422 g/mol. The van der Waals surface area contributed by atoms with Crippen LogP contribution in [0.3, 0.4) is 0 Å². The van der Waals surface area contributed by atoms with Gasteiger partial charge in [-0.05, 0) is 87.1 Å². The summed E-state index contributed by atoms with van der Waals surface area (Å²) in [6, 6.07) is 12.7. The number of anilines is 1. The molecule has 2 aromatic carbocycles. The molecule has 0 unspecified atom stereocenters. The number of aromatic amines is 1. The van der Waals surface area contributed by atoms with Gasteiger partial charge in [-0.1, -0.05) is 12.1 Å². The minimum absolute atomic E-state index is 0.0367. The maximum atomic E-state index is 13.7. The lowest BCUT2D eigenvalue weighted by atomic mass is 9.89. The van der Waals surface area contributed by atoms with Crippen LogP contribution in [0.1, 0.15) is 37.2 Å². The number of nitrogens with zero attached hydrogens (tertiary/aromatic N) is 2. The molecule has 0 bridgehead atoms. The van der Waals surface area contributed by atoms with E-state index in [9.17, 15) is 9.18 Å². The van der Waals surface area contributed by atoms with Crippen LogP contribution in [-0.2, 0) is 4.79 Å². The molecule has 0 radical (unpaired) electrons. The van der Waals surface area contributed by atoms with Crippen molar-refractivity contribution < 1.29 is 13.9 Å². The Morgan fingerprint density at radius 3 is 2.74 bits per heavy atom. The highest BCUT2D eigenvalue weighted by Crippen LogP contribution is 2.34. The molecule has 3 heterocycles. The average Bonchev–Trinajstić information content (AvgIpc) is 3.21. The predicted octanol–water partition coefficient (Wildman–Crippen LogP) is 4.69. The number of fused-ring (bicyclic) bond motifs is 2. The number of rotatable bonds is 6. The van der Waals surface area contributed by atoms with E-state index >= 15 is 0 Å². The molecule has 0 aliphatic carbocycles. The Morgan fingerprint density at radius 2 is 1.87 bits per heavy atom. The van der Waals surface area contributed by atoms with Gasteiger partial charge in [-0.25, -0.2) is 4.39 Å². The number of carbonyl (C=O) groups excluding carboxylic acids is 1. The number of halogens is 1. The normalized spacial score (nSPS) is 17.7. The van der Waals surface area contributed by atoms with Gasteiger partial charge in [-0.3, -0.25) is 4.79 Å². The zero-order chi connectivity index (χ0) is 21.2. The number of likely N-dealkylation sites (tertiary alicyclic amines) is 1. The second-order valence-corrected chi connectivity index (χ2v) is 8.56. The SMILES string of the molecule is O=C1COc2ccccc2N1CCCCN1CCC(c2c[nH]c3ccc(F)cc23)CC1. The van der Waals surface area contributed by atoms with Crippen LogP contribution in [0, 0.1) is 5.82 Å². The monoisotopic (exact) mass is 421 g/mol. The van der Waals surface area contributed by atoms with Crippen molar-refractivity contribution in [1.29, 1.82) is 0 Å². The van der Waals surface area contributed by atoms with Crippen LogP contribution < -0.4 is 9.64 Å². The first-order valence-electron chi connectivity index (χ1n) is 11.2. The van der Waals surface area contributed by atoms with Crippen molar-refractivity contribution >= 4 is 22.5 Å². The molecule has 5 nitrogen and oxygen atoms in total. The molecule has 1 aromatic heterocycles. The van der Waals surface area contributed by atoms with Gasteiger partial charge in [-0.15, -0.1) is 0 Å². The lowest BCUT2D eigenvalue weighted by Gasteiger charge is -2.32. The third-order valence-electron chi connectivity index (χ3n) is 6.62. The summed E-state index contributed by atoms with van der Waals surface area (Å²) in [5.41, 5.74) is 3.14. The maximum absolute atomic E-state index is 13.7. The number of hydrogen-bond donors (Lipinski definition) is 1. The number of para-hydroxylation sites is 2. The first-order chi connectivity index (χ1) is 15.2. The number of H-pyrrole nitrogens is 1. The van der Waals surface area contributed by atoms with Crippen LogP contribution in [0.25, 0.3) is 10.9 Å². The molecule has 2 aliphatic rings. The van der Waals surface area contributed by atoms with Gasteiger partial charge in [0.2, 0.25) is 0 Å². The summed E-state index contributed by atoms with van der Waals surface area (Å²) in [5, 5.41) is 1.02. The molecule has 31 heavy (non-hydrogen) atoms. The van der Waals surface area contributed by atoms with E-state index in [4.69, 9.17) is 4.74 Å². The number of piperidine rings is 1. The van der Waals surface area contributed by atoms with Crippen LogP contribution in [-0.4, -0.2) is 48.6 Å². The van der Waals surface area contributed by atoms with Crippen molar-refractivity contribution in [2.45, 2.75) is 31.6 Å². The van der Waals surface area contributed by atoms with Crippen molar-refractivity contribution in [2.24, 2.45) is 0 Å². The topological polar surface area (TPSA) is 48.6 Å². The summed E-state index contributed by atoms with van der Waals surface area (Å²) in [6.07, 6.45) is 6.29. The highest BCUT2D eigenvalue weighted by Gasteiger charge is 2.25.